The molecule has 13 rings (SSSR count). The molecule has 0 saturated heterocycles. The second kappa shape index (κ2) is 16.4. The van der Waals surface area contributed by atoms with Gasteiger partial charge in [-0.2, -0.15) is 0 Å². The third-order valence-corrected chi connectivity index (χ3v) is 15.1. The van der Waals surface area contributed by atoms with E-state index in [1.54, 1.807) is 0 Å². The van der Waals surface area contributed by atoms with Crippen molar-refractivity contribution in [3.8, 4) is 16.8 Å². The number of rotatable bonds is 8. The molecule has 0 radical (unpaired) electrons. The molecule has 1 atom stereocenters. The SMILES string of the molecule is C=C(/N=C(\N=C(\c1cc(-n2c3cc4ccccc4cc3c3cc4ccccc4cc32)cc2sc3ccccc3c12)C(C)CC)c1ccc2oc3ccccc3c2c1)c1cccc(-c2ccccc2)c1. The predicted octanol–water partition coefficient (Wildman–Crippen LogP) is 18.0. The highest BCUT2D eigenvalue weighted by atomic mass is 32.1. The molecule has 0 aliphatic carbocycles. The number of aliphatic imine (C=N–C) groups is 2. The number of thiophene rings is 1. The summed E-state index contributed by atoms with van der Waals surface area (Å²) in [6.07, 6.45) is 0.874. The van der Waals surface area contributed by atoms with Crippen molar-refractivity contribution in [2.45, 2.75) is 20.3 Å². The first-order valence-corrected chi connectivity index (χ1v) is 24.5. The van der Waals surface area contributed by atoms with E-state index in [2.05, 4.69) is 213 Å². The average Bonchev–Trinajstić information content (AvgIpc) is 4.07. The molecule has 0 N–H and O–H groups in total. The fourth-order valence-electron chi connectivity index (χ4n) is 10.3. The quantitative estimate of drug-likeness (QED) is 0.111. The van der Waals surface area contributed by atoms with Crippen LogP contribution in [0.3, 0.4) is 0 Å². The standard InChI is InChI=1S/C64H45N3OS/c1-4-39(2)63(66-64(48-29-30-59-54(34-48)50-25-12-14-27-58(50)68-59)65-40(3)42-23-16-24-43(31-42)41-17-6-5-7-18-41)55-37-49(38-61-62(55)51-26-13-15-28-60(51)69-61)67-56-35-46-21-10-8-19-44(46)32-52(56)53-33-45-20-9-11-22-47(45)36-57(53)67/h5-39H,3-4H2,1-2H3/b65-64-,66-63+. The largest absolute Gasteiger partial charge is 0.456 e. The van der Waals surface area contributed by atoms with Crippen LogP contribution in [0, 0.1) is 5.92 Å². The van der Waals surface area contributed by atoms with Gasteiger partial charge in [0.15, 0.2) is 5.84 Å². The fraction of sp³-hybridized carbons (Fsp3) is 0.0625. The first-order valence-electron chi connectivity index (χ1n) is 23.7. The van der Waals surface area contributed by atoms with Crippen LogP contribution in [0.5, 0.6) is 0 Å². The maximum atomic E-state index is 6.34. The van der Waals surface area contributed by atoms with Gasteiger partial charge in [0.2, 0.25) is 0 Å². The smallest absolute Gasteiger partial charge is 0.160 e. The van der Waals surface area contributed by atoms with E-state index >= 15 is 0 Å². The molecule has 0 bridgehead atoms. The normalized spacial score (nSPS) is 13.0. The van der Waals surface area contributed by atoms with Gasteiger partial charge in [-0.25, -0.2) is 9.98 Å². The molecular formula is C64H45N3OS. The van der Waals surface area contributed by atoms with Crippen molar-refractivity contribution in [2.75, 3.05) is 0 Å². The van der Waals surface area contributed by atoms with Gasteiger partial charge < -0.3 is 8.98 Å². The van der Waals surface area contributed by atoms with Crippen LogP contribution in [0.1, 0.15) is 37.0 Å². The van der Waals surface area contributed by atoms with Gasteiger partial charge in [0.05, 0.1) is 22.4 Å². The molecule has 3 aromatic heterocycles. The van der Waals surface area contributed by atoms with Crippen molar-refractivity contribution in [2.24, 2.45) is 15.9 Å². The second-order valence-electron chi connectivity index (χ2n) is 18.2. The van der Waals surface area contributed by atoms with Crippen LogP contribution in [0.2, 0.25) is 0 Å². The van der Waals surface area contributed by atoms with Crippen molar-refractivity contribution in [3.63, 3.8) is 0 Å². The van der Waals surface area contributed by atoms with Crippen LogP contribution in [0.4, 0.5) is 0 Å². The van der Waals surface area contributed by atoms with Crippen LogP contribution >= 0.6 is 11.3 Å². The second-order valence-corrected chi connectivity index (χ2v) is 19.3. The summed E-state index contributed by atoms with van der Waals surface area (Å²) in [6.45, 7) is 9.18. The number of amidine groups is 1. The molecule has 5 heteroatoms. The minimum absolute atomic E-state index is 0.0616. The van der Waals surface area contributed by atoms with Crippen LogP contribution in [0.15, 0.2) is 227 Å². The Hall–Kier alpha value is -8.38. The molecule has 0 saturated carbocycles. The molecule has 69 heavy (non-hydrogen) atoms. The maximum absolute atomic E-state index is 6.34. The Morgan fingerprint density at radius 1 is 0.522 bits per heavy atom. The summed E-state index contributed by atoms with van der Waals surface area (Å²) in [5, 5.41) is 11.8. The molecule has 328 valence electrons. The molecule has 10 aromatic carbocycles. The van der Waals surface area contributed by atoms with E-state index in [1.165, 1.54) is 63.5 Å². The topological polar surface area (TPSA) is 42.8 Å². The molecule has 0 aliphatic rings. The van der Waals surface area contributed by atoms with E-state index in [0.29, 0.717) is 11.5 Å². The molecule has 0 fully saturated rings. The Morgan fingerprint density at radius 3 is 1.87 bits per heavy atom. The van der Waals surface area contributed by atoms with Gasteiger partial charge in [0.1, 0.15) is 11.2 Å². The Labute approximate surface area is 403 Å². The lowest BCUT2D eigenvalue weighted by Gasteiger charge is -2.19. The number of nitrogens with zero attached hydrogens (tertiary/aromatic N) is 3. The summed E-state index contributed by atoms with van der Waals surface area (Å²) in [5.74, 6) is 0.659. The van der Waals surface area contributed by atoms with Crippen molar-refractivity contribution in [1.82, 2.24) is 4.57 Å². The first-order chi connectivity index (χ1) is 34.0. The van der Waals surface area contributed by atoms with Crippen molar-refractivity contribution in [1.29, 1.82) is 0 Å². The van der Waals surface area contributed by atoms with Gasteiger partial charge in [0.25, 0.3) is 0 Å². The summed E-state index contributed by atoms with van der Waals surface area (Å²) in [7, 11) is 0. The third kappa shape index (κ3) is 6.96. The number of para-hydroxylation sites is 1. The molecule has 13 aromatic rings. The van der Waals surface area contributed by atoms with Gasteiger partial charge in [-0.1, -0.05) is 154 Å². The number of hydrogen-bond acceptors (Lipinski definition) is 3. The highest BCUT2D eigenvalue weighted by molar-refractivity contribution is 7.26. The number of benzene rings is 10. The molecule has 0 aliphatic heterocycles. The number of fused-ring (bicyclic) bond motifs is 11. The lowest BCUT2D eigenvalue weighted by Crippen LogP contribution is -2.16. The van der Waals surface area contributed by atoms with Crippen molar-refractivity contribution < 1.29 is 4.42 Å². The van der Waals surface area contributed by atoms with Crippen LogP contribution < -0.4 is 0 Å². The molecule has 1 unspecified atom stereocenters. The lowest BCUT2D eigenvalue weighted by molar-refractivity contribution is 0.669. The number of hydrogen-bond donors (Lipinski definition) is 0. The molecular weight excluding hydrogens is 859 g/mol. The number of furan rings is 1. The van der Waals surface area contributed by atoms with Crippen LogP contribution in [-0.4, -0.2) is 16.1 Å². The number of aromatic nitrogens is 1. The lowest BCUT2D eigenvalue weighted by atomic mass is 9.92. The third-order valence-electron chi connectivity index (χ3n) is 14.0. The highest BCUT2D eigenvalue weighted by Crippen LogP contribution is 2.43. The Morgan fingerprint density at radius 2 is 1.14 bits per heavy atom. The van der Waals surface area contributed by atoms with Crippen LogP contribution in [-0.2, 0) is 0 Å². The zero-order valence-electron chi connectivity index (χ0n) is 38.3. The van der Waals surface area contributed by atoms with Gasteiger partial charge >= 0.3 is 0 Å². The van der Waals surface area contributed by atoms with E-state index in [0.717, 1.165) is 67.6 Å². The van der Waals surface area contributed by atoms with E-state index in [4.69, 9.17) is 14.4 Å². The van der Waals surface area contributed by atoms with E-state index in [9.17, 15) is 0 Å². The summed E-state index contributed by atoms with van der Waals surface area (Å²) >= 11 is 1.84. The van der Waals surface area contributed by atoms with Gasteiger partial charge in [-0.05, 0) is 118 Å². The Bertz CT molecular complexity index is 4190. The summed E-state index contributed by atoms with van der Waals surface area (Å²) in [4.78, 5) is 11.3. The van der Waals surface area contributed by atoms with Gasteiger partial charge in [0, 0.05) is 64.1 Å². The van der Waals surface area contributed by atoms with E-state index in [1.807, 2.05) is 29.5 Å². The maximum Gasteiger partial charge on any atom is 0.160 e. The summed E-state index contributed by atoms with van der Waals surface area (Å²) in [6, 6.07) is 74.0. The molecule has 3 heterocycles. The van der Waals surface area contributed by atoms with Crippen molar-refractivity contribution >= 4 is 114 Å². The average molecular weight is 904 g/mol. The summed E-state index contributed by atoms with van der Waals surface area (Å²) in [5.41, 5.74) is 11.9. The zero-order chi connectivity index (χ0) is 46.2. The fourth-order valence-corrected chi connectivity index (χ4v) is 11.5. The highest BCUT2D eigenvalue weighted by Gasteiger charge is 2.24. The van der Waals surface area contributed by atoms with Gasteiger partial charge in [-0.3, -0.25) is 0 Å². The molecule has 0 spiro atoms. The monoisotopic (exact) mass is 903 g/mol. The van der Waals surface area contributed by atoms with Gasteiger partial charge in [-0.15, -0.1) is 11.3 Å². The molecule has 4 nitrogen and oxygen atoms in total. The first kappa shape index (κ1) is 40.9. The summed E-state index contributed by atoms with van der Waals surface area (Å²) < 4.78 is 11.3. The Kier molecular flexibility index (Phi) is 9.74. The van der Waals surface area contributed by atoms with Crippen molar-refractivity contribution in [3.05, 3.63) is 230 Å². The van der Waals surface area contributed by atoms with E-state index in [-0.39, 0.29) is 5.92 Å². The predicted molar refractivity (Wildman–Crippen MR) is 296 cm³/mol. The van der Waals surface area contributed by atoms with Crippen LogP contribution in [0.25, 0.3) is 108 Å². The Balaban J connectivity index is 1.09. The minimum Gasteiger partial charge on any atom is -0.456 e. The van der Waals surface area contributed by atoms with E-state index < -0.39 is 0 Å². The zero-order valence-corrected chi connectivity index (χ0v) is 39.1. The molecule has 0 amide bonds. The minimum atomic E-state index is 0.0616.